The molecule has 26 heavy (non-hydrogen) atoms. The summed E-state index contributed by atoms with van der Waals surface area (Å²) in [6, 6.07) is 7.77. The average Bonchev–Trinajstić information content (AvgIpc) is 3.09. The van der Waals surface area contributed by atoms with Crippen LogP contribution >= 0.6 is 11.8 Å². The monoisotopic (exact) mass is 384 g/mol. The molecule has 0 saturated carbocycles. The molecule has 0 aromatic heterocycles. The molecule has 7 nitrogen and oxygen atoms in total. The third-order valence-corrected chi connectivity index (χ3v) is 5.72. The summed E-state index contributed by atoms with van der Waals surface area (Å²) in [5, 5.41) is 41.1. The molecular formula is C18H24O7S. The summed E-state index contributed by atoms with van der Waals surface area (Å²) < 4.78 is 16.4. The fraction of sp³-hybridized carbons (Fsp3) is 0.556. The molecule has 8 heteroatoms. The minimum absolute atomic E-state index is 0.0794. The highest BCUT2D eigenvalue weighted by molar-refractivity contribution is 8.03. The third-order valence-electron chi connectivity index (χ3n) is 4.62. The number of aliphatic hydroxyl groups excluding tert-OH is 4. The zero-order valence-corrected chi connectivity index (χ0v) is 15.2. The third kappa shape index (κ3) is 4.23. The second-order valence-electron chi connectivity index (χ2n) is 6.35. The number of hydrogen-bond donors (Lipinski definition) is 4. The lowest BCUT2D eigenvalue weighted by Crippen LogP contribution is -2.59. The molecule has 0 bridgehead atoms. The van der Waals surface area contributed by atoms with Gasteiger partial charge in [-0.05, 0) is 35.6 Å². The van der Waals surface area contributed by atoms with E-state index in [0.29, 0.717) is 0 Å². The van der Waals surface area contributed by atoms with Gasteiger partial charge in [-0.3, -0.25) is 0 Å². The summed E-state index contributed by atoms with van der Waals surface area (Å²) in [4.78, 5) is 0. The van der Waals surface area contributed by atoms with Crippen LogP contribution in [0.1, 0.15) is 5.56 Å². The van der Waals surface area contributed by atoms with Crippen LogP contribution in [0.2, 0.25) is 0 Å². The minimum atomic E-state index is -1.44. The van der Waals surface area contributed by atoms with Crippen molar-refractivity contribution in [1.29, 1.82) is 0 Å². The molecule has 1 fully saturated rings. The smallest absolute Gasteiger partial charge is 0.187 e. The van der Waals surface area contributed by atoms with E-state index < -0.39 is 37.3 Å². The second kappa shape index (κ2) is 8.71. The summed E-state index contributed by atoms with van der Waals surface area (Å²) in [7, 11) is 1.62. The molecule has 1 aromatic rings. The highest BCUT2D eigenvalue weighted by Gasteiger charge is 2.45. The van der Waals surface area contributed by atoms with E-state index in [2.05, 4.69) is 0 Å². The quantitative estimate of drug-likeness (QED) is 0.545. The Hall–Kier alpha value is -1.13. The largest absolute Gasteiger partial charge is 0.497 e. The van der Waals surface area contributed by atoms with Gasteiger partial charge in [-0.25, -0.2) is 0 Å². The van der Waals surface area contributed by atoms with Gasteiger partial charge in [0.15, 0.2) is 6.29 Å². The van der Waals surface area contributed by atoms with Crippen LogP contribution in [0.25, 0.3) is 0 Å². The molecule has 7 unspecified atom stereocenters. The molecule has 2 heterocycles. The maximum atomic E-state index is 10.1. The molecule has 4 N–H and O–H groups in total. The van der Waals surface area contributed by atoms with Gasteiger partial charge in [0, 0.05) is 5.25 Å². The Labute approximate surface area is 156 Å². The predicted molar refractivity (Wildman–Crippen MR) is 95.9 cm³/mol. The van der Waals surface area contributed by atoms with E-state index >= 15 is 0 Å². The number of aliphatic hydroxyl groups is 4. The first-order chi connectivity index (χ1) is 12.5. The molecule has 2 aliphatic heterocycles. The van der Waals surface area contributed by atoms with Gasteiger partial charge in [-0.1, -0.05) is 12.1 Å². The molecule has 1 aromatic carbocycles. The zero-order valence-electron chi connectivity index (χ0n) is 14.3. The number of ether oxygens (including phenoxy) is 3. The van der Waals surface area contributed by atoms with E-state index in [-0.39, 0.29) is 11.4 Å². The molecule has 1 saturated heterocycles. The van der Waals surface area contributed by atoms with Crippen molar-refractivity contribution in [1.82, 2.24) is 0 Å². The van der Waals surface area contributed by atoms with Gasteiger partial charge < -0.3 is 34.6 Å². The van der Waals surface area contributed by atoms with Gasteiger partial charge in [0.05, 0.1) is 19.8 Å². The van der Waals surface area contributed by atoms with Crippen molar-refractivity contribution in [3.05, 3.63) is 41.3 Å². The van der Waals surface area contributed by atoms with Gasteiger partial charge in [-0.15, -0.1) is 11.8 Å². The van der Waals surface area contributed by atoms with E-state index in [0.717, 1.165) is 17.7 Å². The predicted octanol–water partition coefficient (Wildman–Crippen LogP) is 0.0519. The molecule has 3 rings (SSSR count). The normalized spacial score (nSPS) is 37.0. The van der Waals surface area contributed by atoms with E-state index in [4.69, 9.17) is 14.2 Å². The number of methoxy groups -OCH3 is 1. The van der Waals surface area contributed by atoms with Crippen molar-refractivity contribution >= 4 is 11.8 Å². The second-order valence-corrected chi connectivity index (χ2v) is 7.50. The Morgan fingerprint density at radius 2 is 1.81 bits per heavy atom. The van der Waals surface area contributed by atoms with Gasteiger partial charge in [0.2, 0.25) is 0 Å². The maximum Gasteiger partial charge on any atom is 0.187 e. The standard InChI is InChI=1S/C18H24O7S/c1-23-11-4-2-10(3-5-11)8-14-12(6-7-26-14)24-18-17(22)16(21)15(20)13(9-19)25-18/h2-7,12-22H,8-9H2,1H3. The molecule has 0 aliphatic carbocycles. The van der Waals surface area contributed by atoms with E-state index in [1.807, 2.05) is 35.7 Å². The van der Waals surface area contributed by atoms with Crippen LogP contribution < -0.4 is 4.74 Å². The van der Waals surface area contributed by atoms with Crippen LogP contribution in [0.5, 0.6) is 5.75 Å². The first-order valence-corrected chi connectivity index (χ1v) is 9.38. The van der Waals surface area contributed by atoms with Crippen LogP contribution in [0.3, 0.4) is 0 Å². The summed E-state index contributed by atoms with van der Waals surface area (Å²) in [5.74, 6) is 0.792. The van der Waals surface area contributed by atoms with Gasteiger partial charge in [-0.2, -0.15) is 0 Å². The molecule has 7 atom stereocenters. The van der Waals surface area contributed by atoms with Crippen molar-refractivity contribution in [2.45, 2.75) is 48.5 Å². The van der Waals surface area contributed by atoms with Gasteiger partial charge >= 0.3 is 0 Å². The molecule has 2 aliphatic rings. The van der Waals surface area contributed by atoms with Crippen molar-refractivity contribution in [2.75, 3.05) is 13.7 Å². The Morgan fingerprint density at radius 1 is 1.08 bits per heavy atom. The average molecular weight is 384 g/mol. The molecular weight excluding hydrogens is 360 g/mol. The summed E-state index contributed by atoms with van der Waals surface area (Å²) >= 11 is 1.62. The van der Waals surface area contributed by atoms with Crippen molar-refractivity contribution < 1.29 is 34.6 Å². The first kappa shape index (κ1) is 19.6. The number of hydrogen-bond acceptors (Lipinski definition) is 8. The lowest BCUT2D eigenvalue weighted by atomic mass is 9.99. The number of benzene rings is 1. The fourth-order valence-electron chi connectivity index (χ4n) is 3.05. The van der Waals surface area contributed by atoms with Crippen LogP contribution in [0.15, 0.2) is 35.7 Å². The zero-order chi connectivity index (χ0) is 18.7. The van der Waals surface area contributed by atoms with Crippen molar-refractivity contribution in [2.24, 2.45) is 0 Å². The first-order valence-electron chi connectivity index (χ1n) is 8.44. The molecule has 0 radical (unpaired) electrons. The summed E-state index contributed by atoms with van der Waals surface area (Å²) in [6.45, 7) is -0.477. The lowest BCUT2D eigenvalue weighted by Gasteiger charge is -2.40. The highest BCUT2D eigenvalue weighted by atomic mass is 32.2. The van der Waals surface area contributed by atoms with E-state index in [9.17, 15) is 20.4 Å². The van der Waals surface area contributed by atoms with E-state index in [1.165, 1.54) is 0 Å². The topological polar surface area (TPSA) is 109 Å². The number of rotatable bonds is 6. The van der Waals surface area contributed by atoms with Crippen molar-refractivity contribution in [3.8, 4) is 5.75 Å². The van der Waals surface area contributed by atoms with Crippen LogP contribution in [-0.4, -0.2) is 76.2 Å². The molecule has 0 spiro atoms. The highest BCUT2D eigenvalue weighted by Crippen LogP contribution is 2.33. The van der Waals surface area contributed by atoms with Crippen molar-refractivity contribution in [3.63, 3.8) is 0 Å². The van der Waals surface area contributed by atoms with Crippen LogP contribution in [0.4, 0.5) is 0 Å². The Balaban J connectivity index is 1.63. The molecule has 0 amide bonds. The Morgan fingerprint density at radius 3 is 2.46 bits per heavy atom. The summed E-state index contributed by atoms with van der Waals surface area (Å²) in [6.07, 6.45) is -4.04. The lowest BCUT2D eigenvalue weighted by molar-refractivity contribution is -0.307. The fourth-order valence-corrected chi connectivity index (χ4v) is 4.10. The minimum Gasteiger partial charge on any atom is -0.497 e. The van der Waals surface area contributed by atoms with E-state index in [1.54, 1.807) is 18.9 Å². The van der Waals surface area contributed by atoms with Crippen LogP contribution in [-0.2, 0) is 15.9 Å². The number of thioether (sulfide) groups is 1. The Kier molecular flexibility index (Phi) is 6.57. The van der Waals surface area contributed by atoms with Gasteiger partial charge in [0.1, 0.15) is 30.2 Å². The van der Waals surface area contributed by atoms with Gasteiger partial charge in [0.25, 0.3) is 0 Å². The summed E-state index contributed by atoms with van der Waals surface area (Å²) in [5.41, 5.74) is 1.12. The Bertz CT molecular complexity index is 606. The molecule has 144 valence electrons. The SMILES string of the molecule is COc1ccc(CC2SC=CC2OC2OC(CO)C(O)C(O)C2O)cc1. The maximum absolute atomic E-state index is 10.1. The van der Waals surface area contributed by atoms with Crippen LogP contribution in [0, 0.1) is 0 Å².